The second-order valence-electron chi connectivity index (χ2n) is 7.82. The predicted molar refractivity (Wildman–Crippen MR) is 127 cm³/mol. The van der Waals surface area contributed by atoms with Gasteiger partial charge in [-0.25, -0.2) is 13.2 Å². The van der Waals surface area contributed by atoms with Crippen molar-refractivity contribution in [1.82, 2.24) is 0 Å². The molecule has 166 valence electrons. The summed E-state index contributed by atoms with van der Waals surface area (Å²) < 4.78 is 47.6. The Labute approximate surface area is 191 Å². The topological polar surface area (TPSA) is 9.23 Å². The first-order valence-electron chi connectivity index (χ1n) is 11.0. The molecule has 0 aliphatic rings. The standard InChI is InChI=1S/C29H23F3O/c1-2-3-4-17-33-25-13-10-21(11-14-25)23-9-8-22(28(31)19-23)7-5-20-6-15-26-24(18-20)12-16-27(30)29(26)32/h6,8-16,18-19H,2-4,17H2,1H3. The number of fused-ring (bicyclic) bond motifs is 1. The molecular weight excluding hydrogens is 421 g/mol. The molecule has 0 bridgehead atoms. The lowest BCUT2D eigenvalue weighted by Gasteiger charge is -2.07. The highest BCUT2D eigenvalue weighted by Gasteiger charge is 2.07. The largest absolute Gasteiger partial charge is 0.494 e. The molecule has 0 aromatic heterocycles. The highest BCUT2D eigenvalue weighted by atomic mass is 19.2. The molecule has 4 heteroatoms. The second kappa shape index (κ2) is 10.3. The molecule has 0 amide bonds. The molecule has 4 aromatic rings. The number of hydrogen-bond acceptors (Lipinski definition) is 1. The van der Waals surface area contributed by atoms with Gasteiger partial charge in [0.25, 0.3) is 0 Å². The second-order valence-corrected chi connectivity index (χ2v) is 7.82. The van der Waals surface area contributed by atoms with Crippen LogP contribution in [0.4, 0.5) is 13.2 Å². The first kappa shape index (κ1) is 22.5. The van der Waals surface area contributed by atoms with Crippen LogP contribution in [-0.4, -0.2) is 6.61 Å². The van der Waals surface area contributed by atoms with E-state index in [9.17, 15) is 13.2 Å². The summed E-state index contributed by atoms with van der Waals surface area (Å²) in [5.41, 5.74) is 2.49. The van der Waals surface area contributed by atoms with Crippen LogP contribution < -0.4 is 4.74 Å². The van der Waals surface area contributed by atoms with Gasteiger partial charge in [0.05, 0.1) is 12.2 Å². The predicted octanol–water partition coefficient (Wildman–Crippen LogP) is 7.89. The van der Waals surface area contributed by atoms with E-state index in [2.05, 4.69) is 18.8 Å². The lowest BCUT2D eigenvalue weighted by molar-refractivity contribution is 0.306. The molecule has 0 saturated carbocycles. The quantitative estimate of drug-likeness (QED) is 0.217. The maximum absolute atomic E-state index is 14.7. The maximum atomic E-state index is 14.7. The van der Waals surface area contributed by atoms with Crippen LogP contribution in [0.15, 0.2) is 72.8 Å². The Kier molecular flexibility index (Phi) is 7.00. The maximum Gasteiger partial charge on any atom is 0.166 e. The Morgan fingerprint density at radius 2 is 1.52 bits per heavy atom. The fourth-order valence-electron chi connectivity index (χ4n) is 3.56. The number of ether oxygens (including phenoxy) is 1. The van der Waals surface area contributed by atoms with Gasteiger partial charge in [-0.05, 0) is 65.4 Å². The lowest BCUT2D eigenvalue weighted by atomic mass is 10.0. The zero-order valence-electron chi connectivity index (χ0n) is 18.3. The van der Waals surface area contributed by atoms with E-state index >= 15 is 0 Å². The van der Waals surface area contributed by atoms with Crippen molar-refractivity contribution in [2.24, 2.45) is 0 Å². The van der Waals surface area contributed by atoms with Gasteiger partial charge in [-0.2, -0.15) is 0 Å². The molecule has 0 unspecified atom stereocenters. The number of halogens is 3. The number of unbranched alkanes of at least 4 members (excludes halogenated alkanes) is 2. The van der Waals surface area contributed by atoms with E-state index in [1.807, 2.05) is 30.3 Å². The first-order chi connectivity index (χ1) is 16.0. The van der Waals surface area contributed by atoms with Gasteiger partial charge in [-0.1, -0.05) is 61.9 Å². The van der Waals surface area contributed by atoms with Crippen molar-refractivity contribution < 1.29 is 17.9 Å². The van der Waals surface area contributed by atoms with Crippen LogP contribution in [0.1, 0.15) is 37.3 Å². The van der Waals surface area contributed by atoms with E-state index in [1.165, 1.54) is 18.2 Å². The Bertz CT molecular complexity index is 1330. The van der Waals surface area contributed by atoms with Crippen LogP contribution in [0.2, 0.25) is 0 Å². The molecule has 0 heterocycles. The molecule has 0 atom stereocenters. The number of rotatable bonds is 6. The summed E-state index contributed by atoms with van der Waals surface area (Å²) in [7, 11) is 0. The summed E-state index contributed by atoms with van der Waals surface area (Å²) in [4.78, 5) is 0. The summed E-state index contributed by atoms with van der Waals surface area (Å²) in [5.74, 6) is 4.33. The molecule has 0 radical (unpaired) electrons. The van der Waals surface area contributed by atoms with Crippen LogP contribution >= 0.6 is 0 Å². The minimum atomic E-state index is -0.891. The highest BCUT2D eigenvalue weighted by Crippen LogP contribution is 2.25. The summed E-state index contributed by atoms with van der Waals surface area (Å²) >= 11 is 0. The fourth-order valence-corrected chi connectivity index (χ4v) is 3.56. The summed E-state index contributed by atoms with van der Waals surface area (Å²) in [6, 6.07) is 19.8. The average molecular weight is 444 g/mol. The van der Waals surface area contributed by atoms with Gasteiger partial charge in [0.15, 0.2) is 11.6 Å². The lowest BCUT2D eigenvalue weighted by Crippen LogP contribution is -1.96. The molecule has 1 nitrogen and oxygen atoms in total. The van der Waals surface area contributed by atoms with Gasteiger partial charge in [-0.3, -0.25) is 0 Å². The SMILES string of the molecule is CCCCCOc1ccc(-c2ccc(C#Cc3ccc4c(F)c(F)ccc4c3)c(F)c2)cc1. The molecule has 4 aromatic carbocycles. The van der Waals surface area contributed by atoms with Crippen LogP contribution in [0.25, 0.3) is 21.9 Å². The van der Waals surface area contributed by atoms with E-state index in [-0.39, 0.29) is 10.9 Å². The fraction of sp³-hybridized carbons (Fsp3) is 0.172. The summed E-state index contributed by atoms with van der Waals surface area (Å²) in [5, 5.41) is 0.725. The zero-order chi connectivity index (χ0) is 23.2. The summed E-state index contributed by atoms with van der Waals surface area (Å²) in [6.07, 6.45) is 3.32. The van der Waals surface area contributed by atoms with Crippen molar-refractivity contribution in [3.63, 3.8) is 0 Å². The molecule has 0 saturated heterocycles. The minimum absolute atomic E-state index is 0.188. The van der Waals surface area contributed by atoms with E-state index in [4.69, 9.17) is 4.74 Å². The number of hydrogen-bond donors (Lipinski definition) is 0. The van der Waals surface area contributed by atoms with E-state index in [1.54, 1.807) is 18.2 Å². The number of benzene rings is 4. The smallest absolute Gasteiger partial charge is 0.166 e. The molecule has 33 heavy (non-hydrogen) atoms. The van der Waals surface area contributed by atoms with E-state index in [0.717, 1.165) is 42.2 Å². The van der Waals surface area contributed by atoms with Crippen molar-refractivity contribution >= 4 is 10.8 Å². The molecule has 4 rings (SSSR count). The summed E-state index contributed by atoms with van der Waals surface area (Å²) in [6.45, 7) is 2.85. The molecule has 0 fully saturated rings. The van der Waals surface area contributed by atoms with Gasteiger partial charge < -0.3 is 4.74 Å². The molecule has 0 spiro atoms. The zero-order valence-corrected chi connectivity index (χ0v) is 18.3. The Balaban J connectivity index is 1.49. The Morgan fingerprint density at radius 3 is 2.27 bits per heavy atom. The van der Waals surface area contributed by atoms with Gasteiger partial charge in [-0.15, -0.1) is 0 Å². The Hall–Kier alpha value is -3.71. The third-order valence-electron chi connectivity index (χ3n) is 5.42. The van der Waals surface area contributed by atoms with E-state index < -0.39 is 17.5 Å². The van der Waals surface area contributed by atoms with Crippen LogP contribution in [0.3, 0.4) is 0 Å². The molecule has 0 aliphatic carbocycles. The highest BCUT2D eigenvalue weighted by molar-refractivity contribution is 5.84. The third-order valence-corrected chi connectivity index (χ3v) is 5.42. The van der Waals surface area contributed by atoms with Crippen molar-refractivity contribution in [3.05, 3.63) is 101 Å². The van der Waals surface area contributed by atoms with Gasteiger partial charge in [0, 0.05) is 10.9 Å². The van der Waals surface area contributed by atoms with E-state index in [0.29, 0.717) is 17.6 Å². The van der Waals surface area contributed by atoms with Crippen molar-refractivity contribution in [1.29, 1.82) is 0 Å². The monoisotopic (exact) mass is 444 g/mol. The third kappa shape index (κ3) is 5.38. The molecule has 0 aliphatic heterocycles. The first-order valence-corrected chi connectivity index (χ1v) is 11.0. The minimum Gasteiger partial charge on any atom is -0.494 e. The van der Waals surface area contributed by atoms with Crippen LogP contribution in [-0.2, 0) is 0 Å². The van der Waals surface area contributed by atoms with Crippen LogP contribution in [0, 0.1) is 29.3 Å². The van der Waals surface area contributed by atoms with Crippen molar-refractivity contribution in [2.45, 2.75) is 26.2 Å². The van der Waals surface area contributed by atoms with Crippen molar-refractivity contribution in [3.8, 4) is 28.7 Å². The Morgan fingerprint density at radius 1 is 0.727 bits per heavy atom. The van der Waals surface area contributed by atoms with Gasteiger partial charge >= 0.3 is 0 Å². The van der Waals surface area contributed by atoms with Crippen LogP contribution in [0.5, 0.6) is 5.75 Å². The van der Waals surface area contributed by atoms with Gasteiger partial charge in [0.2, 0.25) is 0 Å². The van der Waals surface area contributed by atoms with Crippen molar-refractivity contribution in [2.75, 3.05) is 6.61 Å². The normalized spacial score (nSPS) is 10.7. The molecule has 0 N–H and O–H groups in total. The van der Waals surface area contributed by atoms with Gasteiger partial charge in [0.1, 0.15) is 11.6 Å². The average Bonchev–Trinajstić information content (AvgIpc) is 2.84. The molecular formula is C29H23F3O.